The smallest absolute Gasteiger partial charge is 0.311 e. The predicted molar refractivity (Wildman–Crippen MR) is 66.1 cm³/mol. The van der Waals surface area contributed by atoms with E-state index in [1.54, 1.807) is 0 Å². The highest BCUT2D eigenvalue weighted by molar-refractivity contribution is 5.74. The molecule has 3 rings (SSSR count). The molecule has 2 heterocycles. The summed E-state index contributed by atoms with van der Waals surface area (Å²) in [7, 11) is 0. The molecule has 1 saturated carbocycles. The van der Waals surface area contributed by atoms with Gasteiger partial charge in [0.1, 0.15) is 0 Å². The number of rotatable bonds is 1. The van der Waals surface area contributed by atoms with E-state index in [1.807, 2.05) is 13.8 Å². The van der Waals surface area contributed by atoms with Gasteiger partial charge in [-0.25, -0.2) is 4.89 Å². The molecule has 0 aromatic carbocycles. The van der Waals surface area contributed by atoms with Gasteiger partial charge < -0.3 is 9.47 Å². The topological polar surface area (TPSA) is 65.0 Å². The summed E-state index contributed by atoms with van der Waals surface area (Å²) in [6, 6.07) is 0. The number of hydrogen-bond donors (Lipinski definition) is 1. The Kier molecular flexibility index (Phi) is 3.31. The second kappa shape index (κ2) is 4.72. The minimum atomic E-state index is -0.865. The van der Waals surface area contributed by atoms with Crippen molar-refractivity contribution in [2.24, 2.45) is 17.8 Å². The van der Waals surface area contributed by atoms with Gasteiger partial charge in [-0.1, -0.05) is 13.3 Å². The van der Waals surface area contributed by atoms with Crippen molar-refractivity contribution < 1.29 is 24.4 Å². The fourth-order valence-electron chi connectivity index (χ4n) is 4.22. The molecule has 3 aliphatic rings. The molecule has 6 atom stereocenters. The van der Waals surface area contributed by atoms with E-state index in [2.05, 4.69) is 0 Å². The van der Waals surface area contributed by atoms with Crippen LogP contribution in [0.3, 0.4) is 0 Å². The van der Waals surface area contributed by atoms with E-state index in [-0.39, 0.29) is 29.8 Å². The Hall–Kier alpha value is -0.650. The lowest BCUT2D eigenvalue weighted by atomic mass is 9.61. The highest BCUT2D eigenvalue weighted by atomic mass is 17.1. The zero-order chi connectivity index (χ0) is 13.6. The summed E-state index contributed by atoms with van der Waals surface area (Å²) in [6.07, 6.45) is 4.04. The monoisotopic (exact) mass is 270 g/mol. The van der Waals surface area contributed by atoms with Crippen LogP contribution in [0.25, 0.3) is 0 Å². The lowest BCUT2D eigenvalue weighted by Crippen LogP contribution is -2.65. The molecule has 5 heteroatoms. The molecule has 0 aromatic heterocycles. The summed E-state index contributed by atoms with van der Waals surface area (Å²) in [5, 5.41) is 9.63. The molecule has 0 amide bonds. The molecule has 2 unspecified atom stereocenters. The van der Waals surface area contributed by atoms with E-state index in [0.29, 0.717) is 0 Å². The number of carbonyl (C=O) groups is 1. The van der Waals surface area contributed by atoms with Gasteiger partial charge in [0.25, 0.3) is 0 Å². The van der Waals surface area contributed by atoms with Gasteiger partial charge >= 0.3 is 5.97 Å². The summed E-state index contributed by atoms with van der Waals surface area (Å²) in [6.45, 7) is 3.84. The van der Waals surface area contributed by atoms with Crippen molar-refractivity contribution in [1.82, 2.24) is 0 Å². The third-order valence-corrected chi connectivity index (χ3v) is 5.29. The van der Waals surface area contributed by atoms with Gasteiger partial charge in [-0.15, -0.1) is 0 Å². The van der Waals surface area contributed by atoms with Crippen LogP contribution >= 0.6 is 0 Å². The first-order chi connectivity index (χ1) is 9.09. The minimum absolute atomic E-state index is 0.0180. The minimum Gasteiger partial charge on any atom is -0.432 e. The third-order valence-electron chi connectivity index (χ3n) is 5.29. The fraction of sp³-hybridized carbons (Fsp3) is 0.929. The van der Waals surface area contributed by atoms with E-state index < -0.39 is 11.9 Å². The van der Waals surface area contributed by atoms with Crippen molar-refractivity contribution in [1.29, 1.82) is 0 Å². The number of esters is 1. The number of carbonyl (C=O) groups excluding carboxylic acids is 1. The number of hydrogen-bond acceptors (Lipinski definition) is 5. The van der Waals surface area contributed by atoms with Gasteiger partial charge in [0.2, 0.25) is 6.29 Å². The van der Waals surface area contributed by atoms with Crippen LogP contribution in [0.5, 0.6) is 0 Å². The second-order valence-electron chi connectivity index (χ2n) is 6.26. The fourth-order valence-corrected chi connectivity index (χ4v) is 4.22. The molecule has 0 spiro atoms. The Morgan fingerprint density at radius 3 is 2.79 bits per heavy atom. The standard InChI is InChI=1S/C14H22O5/c1-8-6-7-10-4-3-5-11-9(2)12(15)18-13(17-8)14(10,11)19-16/h8-11,13,16H,3-7H2,1-2H3/t8-,9+,10?,11-,13-,14?/m0/s1. The average Bonchev–Trinajstić information content (AvgIpc) is 2.54. The second-order valence-corrected chi connectivity index (χ2v) is 6.26. The van der Waals surface area contributed by atoms with Gasteiger partial charge in [0.05, 0.1) is 12.0 Å². The zero-order valence-electron chi connectivity index (χ0n) is 11.5. The summed E-state index contributed by atoms with van der Waals surface area (Å²) < 4.78 is 11.3. The largest absolute Gasteiger partial charge is 0.432 e. The maximum Gasteiger partial charge on any atom is 0.311 e. The molecule has 3 fully saturated rings. The zero-order valence-corrected chi connectivity index (χ0v) is 11.5. The molecule has 0 bridgehead atoms. The highest BCUT2D eigenvalue weighted by Gasteiger charge is 2.64. The van der Waals surface area contributed by atoms with Crippen LogP contribution in [-0.2, 0) is 19.2 Å². The summed E-state index contributed by atoms with van der Waals surface area (Å²) in [5.41, 5.74) is -0.865. The molecular formula is C14H22O5. The van der Waals surface area contributed by atoms with Crippen molar-refractivity contribution >= 4 is 5.97 Å². The molecule has 0 aromatic rings. The van der Waals surface area contributed by atoms with Crippen molar-refractivity contribution in [3.8, 4) is 0 Å². The molecule has 2 aliphatic heterocycles. The van der Waals surface area contributed by atoms with E-state index in [0.717, 1.165) is 32.1 Å². The maximum atomic E-state index is 12.0. The lowest BCUT2D eigenvalue weighted by Gasteiger charge is -2.53. The normalized spacial score (nSPS) is 50.1. The Bertz CT molecular complexity index is 371. The van der Waals surface area contributed by atoms with Crippen molar-refractivity contribution in [2.75, 3.05) is 0 Å². The predicted octanol–water partition coefficient (Wildman–Crippen LogP) is 2.35. The summed E-state index contributed by atoms with van der Waals surface area (Å²) in [4.78, 5) is 17.0. The van der Waals surface area contributed by atoms with Gasteiger partial charge in [0, 0.05) is 5.92 Å². The first-order valence-corrected chi connectivity index (χ1v) is 7.28. The molecule has 5 nitrogen and oxygen atoms in total. The highest BCUT2D eigenvalue weighted by Crippen LogP contribution is 2.53. The Morgan fingerprint density at radius 1 is 1.26 bits per heavy atom. The molecule has 108 valence electrons. The van der Waals surface area contributed by atoms with Gasteiger partial charge in [0.15, 0.2) is 5.60 Å². The van der Waals surface area contributed by atoms with Crippen LogP contribution in [0, 0.1) is 17.8 Å². The third kappa shape index (κ3) is 1.82. The van der Waals surface area contributed by atoms with Crippen LogP contribution in [0.1, 0.15) is 46.0 Å². The van der Waals surface area contributed by atoms with Crippen LogP contribution in [-0.4, -0.2) is 29.2 Å². The number of ether oxygens (including phenoxy) is 2. The van der Waals surface area contributed by atoms with Crippen LogP contribution in [0.15, 0.2) is 0 Å². The average molecular weight is 270 g/mol. The first-order valence-electron chi connectivity index (χ1n) is 7.28. The molecule has 19 heavy (non-hydrogen) atoms. The van der Waals surface area contributed by atoms with Crippen molar-refractivity contribution in [2.45, 2.75) is 63.9 Å². The summed E-state index contributed by atoms with van der Waals surface area (Å²) in [5.74, 6) is -0.310. The molecular weight excluding hydrogens is 248 g/mol. The van der Waals surface area contributed by atoms with Crippen molar-refractivity contribution in [3.05, 3.63) is 0 Å². The van der Waals surface area contributed by atoms with Crippen LogP contribution in [0.4, 0.5) is 0 Å². The van der Waals surface area contributed by atoms with Gasteiger partial charge in [-0.05, 0) is 38.5 Å². The quantitative estimate of drug-likeness (QED) is 0.450. The molecule has 0 radical (unpaired) electrons. The Morgan fingerprint density at radius 2 is 2.05 bits per heavy atom. The molecule has 1 aliphatic carbocycles. The van der Waals surface area contributed by atoms with E-state index in [1.165, 1.54) is 0 Å². The van der Waals surface area contributed by atoms with Crippen LogP contribution < -0.4 is 0 Å². The van der Waals surface area contributed by atoms with E-state index in [4.69, 9.17) is 14.4 Å². The maximum absolute atomic E-state index is 12.0. The lowest BCUT2D eigenvalue weighted by molar-refractivity contribution is -0.420. The molecule has 2 saturated heterocycles. The SMILES string of the molecule is C[C@H]1CCC2CCC[C@H]3[C@@H](C)C(=O)O[C@H](O1)C23OO. The van der Waals surface area contributed by atoms with Gasteiger partial charge in [-0.2, -0.15) is 0 Å². The van der Waals surface area contributed by atoms with E-state index in [9.17, 15) is 10.1 Å². The Balaban J connectivity index is 2.04. The molecule has 1 N–H and O–H groups in total. The summed E-state index contributed by atoms with van der Waals surface area (Å²) >= 11 is 0. The van der Waals surface area contributed by atoms with Crippen LogP contribution in [0.2, 0.25) is 0 Å². The van der Waals surface area contributed by atoms with E-state index >= 15 is 0 Å². The van der Waals surface area contributed by atoms with Crippen molar-refractivity contribution in [3.63, 3.8) is 0 Å². The first kappa shape index (κ1) is 13.3. The van der Waals surface area contributed by atoms with Gasteiger partial charge in [-0.3, -0.25) is 10.1 Å². The Labute approximate surface area is 113 Å².